The molecule has 1 aromatic rings. The molecular formula is C13H18N2O2. The Hall–Kier alpha value is -1.58. The van der Waals surface area contributed by atoms with E-state index in [1.165, 1.54) is 0 Å². The summed E-state index contributed by atoms with van der Waals surface area (Å²) in [6.07, 6.45) is 4.07. The van der Waals surface area contributed by atoms with Crippen LogP contribution in [0.2, 0.25) is 0 Å². The molecule has 1 aliphatic heterocycles. The van der Waals surface area contributed by atoms with Gasteiger partial charge in [0.2, 0.25) is 0 Å². The molecule has 1 saturated heterocycles. The van der Waals surface area contributed by atoms with Gasteiger partial charge in [0, 0.05) is 25.7 Å². The SMILES string of the molecule is Cc1ccc(N2CCC(CC(=O)O)CC2)nc1. The molecule has 2 rings (SSSR count). The predicted molar refractivity (Wildman–Crippen MR) is 66.2 cm³/mol. The Kier molecular flexibility index (Phi) is 3.61. The molecule has 0 bridgehead atoms. The highest BCUT2D eigenvalue weighted by Crippen LogP contribution is 2.23. The Morgan fingerprint density at radius 2 is 2.18 bits per heavy atom. The van der Waals surface area contributed by atoms with Gasteiger partial charge in [-0.2, -0.15) is 0 Å². The summed E-state index contributed by atoms with van der Waals surface area (Å²) in [5.74, 6) is 0.649. The van der Waals surface area contributed by atoms with E-state index in [-0.39, 0.29) is 0 Å². The summed E-state index contributed by atoms with van der Waals surface area (Å²) in [6.45, 7) is 3.85. The normalized spacial score (nSPS) is 17.1. The molecule has 0 spiro atoms. The fourth-order valence-electron chi connectivity index (χ4n) is 2.26. The molecule has 0 amide bonds. The van der Waals surface area contributed by atoms with Gasteiger partial charge in [-0.1, -0.05) is 6.07 Å². The molecule has 0 atom stereocenters. The summed E-state index contributed by atoms with van der Waals surface area (Å²) in [6, 6.07) is 4.10. The van der Waals surface area contributed by atoms with Gasteiger partial charge in [0.25, 0.3) is 0 Å². The maximum Gasteiger partial charge on any atom is 0.303 e. The number of carbonyl (C=O) groups is 1. The zero-order valence-corrected chi connectivity index (χ0v) is 10.1. The van der Waals surface area contributed by atoms with Gasteiger partial charge in [-0.25, -0.2) is 4.98 Å². The zero-order valence-electron chi connectivity index (χ0n) is 10.1. The monoisotopic (exact) mass is 234 g/mol. The number of nitrogens with zero attached hydrogens (tertiary/aromatic N) is 2. The highest BCUT2D eigenvalue weighted by molar-refractivity contribution is 5.67. The van der Waals surface area contributed by atoms with Crippen LogP contribution in [0.4, 0.5) is 5.82 Å². The van der Waals surface area contributed by atoms with Crippen molar-refractivity contribution in [3.05, 3.63) is 23.9 Å². The highest BCUT2D eigenvalue weighted by Gasteiger charge is 2.21. The number of aryl methyl sites for hydroxylation is 1. The molecule has 2 heterocycles. The van der Waals surface area contributed by atoms with Crippen LogP contribution in [0.15, 0.2) is 18.3 Å². The standard InChI is InChI=1S/C13H18N2O2/c1-10-2-3-12(14-9-10)15-6-4-11(5-7-15)8-13(16)17/h2-3,9,11H,4-8H2,1H3,(H,16,17). The maximum absolute atomic E-state index is 10.6. The van der Waals surface area contributed by atoms with Crippen LogP contribution in [0.3, 0.4) is 0 Å². The van der Waals surface area contributed by atoms with Crippen LogP contribution in [-0.2, 0) is 4.79 Å². The number of carboxylic acid groups (broad SMARTS) is 1. The van der Waals surface area contributed by atoms with Crippen molar-refractivity contribution in [3.63, 3.8) is 0 Å². The fourth-order valence-corrected chi connectivity index (χ4v) is 2.26. The van der Waals surface area contributed by atoms with Crippen LogP contribution in [0.25, 0.3) is 0 Å². The average molecular weight is 234 g/mol. The molecule has 1 fully saturated rings. The van der Waals surface area contributed by atoms with E-state index in [1.807, 2.05) is 19.2 Å². The summed E-state index contributed by atoms with van der Waals surface area (Å²) >= 11 is 0. The Bertz CT molecular complexity index is 381. The lowest BCUT2D eigenvalue weighted by Crippen LogP contribution is -2.34. The van der Waals surface area contributed by atoms with Crippen molar-refractivity contribution in [2.45, 2.75) is 26.2 Å². The van der Waals surface area contributed by atoms with Gasteiger partial charge in [-0.15, -0.1) is 0 Å². The van der Waals surface area contributed by atoms with Crippen molar-refractivity contribution in [1.82, 2.24) is 4.98 Å². The molecule has 0 unspecified atom stereocenters. The molecule has 1 N–H and O–H groups in total. The van der Waals surface area contributed by atoms with Gasteiger partial charge < -0.3 is 10.0 Å². The first-order valence-electron chi connectivity index (χ1n) is 6.04. The van der Waals surface area contributed by atoms with E-state index in [1.54, 1.807) is 0 Å². The number of aliphatic carboxylic acids is 1. The molecule has 0 radical (unpaired) electrons. The van der Waals surface area contributed by atoms with E-state index in [4.69, 9.17) is 5.11 Å². The lowest BCUT2D eigenvalue weighted by Gasteiger charge is -2.32. The second-order valence-electron chi connectivity index (χ2n) is 4.72. The Morgan fingerprint density at radius 3 is 2.71 bits per heavy atom. The van der Waals surface area contributed by atoms with Crippen molar-refractivity contribution in [2.24, 2.45) is 5.92 Å². The van der Waals surface area contributed by atoms with Gasteiger partial charge in [0.15, 0.2) is 0 Å². The first kappa shape index (κ1) is 11.9. The Morgan fingerprint density at radius 1 is 1.47 bits per heavy atom. The first-order chi connectivity index (χ1) is 8.15. The van der Waals surface area contributed by atoms with E-state index in [0.717, 1.165) is 37.3 Å². The molecular weight excluding hydrogens is 216 g/mol. The number of anilines is 1. The van der Waals surface area contributed by atoms with Crippen LogP contribution in [0.1, 0.15) is 24.8 Å². The predicted octanol–water partition coefficient (Wildman–Crippen LogP) is 2.08. The molecule has 17 heavy (non-hydrogen) atoms. The summed E-state index contributed by atoms with van der Waals surface area (Å²) in [5, 5.41) is 8.75. The van der Waals surface area contributed by atoms with Gasteiger partial charge in [-0.3, -0.25) is 4.79 Å². The highest BCUT2D eigenvalue weighted by atomic mass is 16.4. The lowest BCUT2D eigenvalue weighted by molar-refractivity contribution is -0.138. The number of pyridine rings is 1. The van der Waals surface area contributed by atoms with Crippen molar-refractivity contribution in [2.75, 3.05) is 18.0 Å². The summed E-state index contributed by atoms with van der Waals surface area (Å²) < 4.78 is 0. The third-order valence-electron chi connectivity index (χ3n) is 3.30. The summed E-state index contributed by atoms with van der Waals surface area (Å²) in [4.78, 5) is 17.3. The smallest absolute Gasteiger partial charge is 0.303 e. The van der Waals surface area contributed by atoms with Crippen molar-refractivity contribution < 1.29 is 9.90 Å². The number of piperidine rings is 1. The van der Waals surface area contributed by atoms with E-state index >= 15 is 0 Å². The number of rotatable bonds is 3. The molecule has 4 nitrogen and oxygen atoms in total. The topological polar surface area (TPSA) is 53.4 Å². The second-order valence-corrected chi connectivity index (χ2v) is 4.72. The molecule has 0 aliphatic carbocycles. The van der Waals surface area contributed by atoms with Crippen molar-refractivity contribution in [1.29, 1.82) is 0 Å². The van der Waals surface area contributed by atoms with Crippen LogP contribution in [0.5, 0.6) is 0 Å². The van der Waals surface area contributed by atoms with Gasteiger partial charge in [-0.05, 0) is 37.3 Å². The number of aromatic nitrogens is 1. The molecule has 0 saturated carbocycles. The summed E-state index contributed by atoms with van der Waals surface area (Å²) in [7, 11) is 0. The number of hydrogen-bond donors (Lipinski definition) is 1. The van der Waals surface area contributed by atoms with E-state index in [9.17, 15) is 4.79 Å². The third-order valence-corrected chi connectivity index (χ3v) is 3.30. The van der Waals surface area contributed by atoms with E-state index in [0.29, 0.717) is 12.3 Å². The first-order valence-corrected chi connectivity index (χ1v) is 6.04. The largest absolute Gasteiger partial charge is 0.481 e. The second kappa shape index (κ2) is 5.17. The van der Waals surface area contributed by atoms with E-state index in [2.05, 4.69) is 16.0 Å². The quantitative estimate of drug-likeness (QED) is 0.870. The van der Waals surface area contributed by atoms with Gasteiger partial charge in [0.05, 0.1) is 0 Å². The number of carboxylic acids is 1. The Balaban J connectivity index is 1.90. The lowest BCUT2D eigenvalue weighted by atomic mass is 9.94. The minimum atomic E-state index is -0.683. The van der Waals surface area contributed by atoms with E-state index < -0.39 is 5.97 Å². The van der Waals surface area contributed by atoms with Crippen LogP contribution in [0, 0.1) is 12.8 Å². The number of hydrogen-bond acceptors (Lipinski definition) is 3. The summed E-state index contributed by atoms with van der Waals surface area (Å²) in [5.41, 5.74) is 1.16. The zero-order chi connectivity index (χ0) is 12.3. The van der Waals surface area contributed by atoms with Crippen molar-refractivity contribution >= 4 is 11.8 Å². The minimum Gasteiger partial charge on any atom is -0.481 e. The molecule has 1 aliphatic rings. The Labute approximate surface area is 101 Å². The maximum atomic E-state index is 10.6. The molecule has 92 valence electrons. The van der Waals surface area contributed by atoms with Gasteiger partial charge >= 0.3 is 5.97 Å². The molecule has 1 aromatic heterocycles. The van der Waals surface area contributed by atoms with Crippen LogP contribution >= 0.6 is 0 Å². The van der Waals surface area contributed by atoms with Crippen molar-refractivity contribution in [3.8, 4) is 0 Å². The molecule has 4 heteroatoms. The van der Waals surface area contributed by atoms with Gasteiger partial charge in [0.1, 0.15) is 5.82 Å². The van der Waals surface area contributed by atoms with Crippen LogP contribution < -0.4 is 4.90 Å². The third kappa shape index (κ3) is 3.19. The fraction of sp³-hybridized carbons (Fsp3) is 0.538. The molecule has 0 aromatic carbocycles. The van der Waals surface area contributed by atoms with Crippen LogP contribution in [-0.4, -0.2) is 29.1 Å². The minimum absolute atomic E-state index is 0.301. The average Bonchev–Trinajstić information content (AvgIpc) is 2.30.